The standard InChI is InChI=1S/C15H20N2O4/c1-15(2,3)14(21)17-11-7-5-4-6-10(11)13(20)16-9-8-12(18)19/h4-7H,8-9H2,1-3H3,(H,16,20)(H,17,21)(H,18,19)/p-1. The van der Waals surface area contributed by atoms with Crippen molar-refractivity contribution in [2.24, 2.45) is 5.41 Å². The van der Waals surface area contributed by atoms with E-state index in [0.717, 1.165) is 0 Å². The normalized spacial score (nSPS) is 10.8. The van der Waals surface area contributed by atoms with Gasteiger partial charge in [0.2, 0.25) is 5.91 Å². The van der Waals surface area contributed by atoms with Crippen molar-refractivity contribution in [3.8, 4) is 0 Å². The molecule has 2 N–H and O–H groups in total. The Bertz CT molecular complexity index is 547. The molecule has 0 radical (unpaired) electrons. The van der Waals surface area contributed by atoms with E-state index in [9.17, 15) is 19.5 Å². The van der Waals surface area contributed by atoms with Crippen molar-refractivity contribution in [3.05, 3.63) is 29.8 Å². The van der Waals surface area contributed by atoms with E-state index in [-0.39, 0.29) is 24.4 Å². The molecule has 0 aromatic heterocycles. The molecule has 0 aliphatic rings. The minimum Gasteiger partial charge on any atom is -0.550 e. The zero-order valence-electron chi connectivity index (χ0n) is 12.4. The Hall–Kier alpha value is -2.37. The predicted octanol–water partition coefficient (Wildman–Crippen LogP) is 0.541. The van der Waals surface area contributed by atoms with E-state index < -0.39 is 17.3 Å². The second-order valence-corrected chi connectivity index (χ2v) is 5.63. The zero-order valence-corrected chi connectivity index (χ0v) is 12.4. The summed E-state index contributed by atoms with van der Waals surface area (Å²) in [4.78, 5) is 34.3. The van der Waals surface area contributed by atoms with E-state index >= 15 is 0 Å². The average molecular weight is 291 g/mol. The molecule has 0 unspecified atom stereocenters. The topological polar surface area (TPSA) is 98.3 Å². The SMILES string of the molecule is CC(C)(C)C(=O)Nc1ccccc1C(=O)NCCC(=O)[O-]. The van der Waals surface area contributed by atoms with Crippen LogP contribution in [-0.4, -0.2) is 24.3 Å². The molecule has 0 saturated heterocycles. The number of aliphatic carboxylic acids is 1. The summed E-state index contributed by atoms with van der Waals surface area (Å²) < 4.78 is 0. The molecule has 1 aromatic rings. The summed E-state index contributed by atoms with van der Waals surface area (Å²) in [7, 11) is 0. The molecule has 21 heavy (non-hydrogen) atoms. The fourth-order valence-electron chi connectivity index (χ4n) is 1.47. The van der Waals surface area contributed by atoms with Gasteiger partial charge in [-0.05, 0) is 12.1 Å². The van der Waals surface area contributed by atoms with Crippen molar-refractivity contribution < 1.29 is 19.5 Å². The molecule has 114 valence electrons. The Morgan fingerprint density at radius 1 is 1.14 bits per heavy atom. The van der Waals surface area contributed by atoms with Crippen LogP contribution in [0.1, 0.15) is 37.6 Å². The van der Waals surface area contributed by atoms with E-state index in [2.05, 4.69) is 10.6 Å². The van der Waals surface area contributed by atoms with Crippen molar-refractivity contribution >= 4 is 23.5 Å². The summed E-state index contributed by atoms with van der Waals surface area (Å²) in [6.45, 7) is 5.28. The fourth-order valence-corrected chi connectivity index (χ4v) is 1.47. The first kappa shape index (κ1) is 16.7. The molecule has 6 nitrogen and oxygen atoms in total. The first-order chi connectivity index (χ1) is 9.71. The van der Waals surface area contributed by atoms with Gasteiger partial charge in [-0.25, -0.2) is 0 Å². The molecule has 0 bridgehead atoms. The number of amides is 2. The summed E-state index contributed by atoms with van der Waals surface area (Å²) in [5, 5.41) is 15.5. The predicted molar refractivity (Wildman–Crippen MR) is 76.5 cm³/mol. The summed E-state index contributed by atoms with van der Waals surface area (Å²) in [6.07, 6.45) is -0.262. The number of benzene rings is 1. The second kappa shape index (κ2) is 6.88. The third-order valence-corrected chi connectivity index (χ3v) is 2.72. The van der Waals surface area contributed by atoms with Gasteiger partial charge in [0.05, 0.1) is 11.3 Å². The maximum Gasteiger partial charge on any atom is 0.253 e. The molecular formula is C15H19N2O4-. The Morgan fingerprint density at radius 3 is 2.33 bits per heavy atom. The molecular weight excluding hydrogens is 272 g/mol. The number of anilines is 1. The third kappa shape index (κ3) is 5.25. The number of carboxylic acid groups (broad SMARTS) is 1. The highest BCUT2D eigenvalue weighted by Crippen LogP contribution is 2.20. The lowest BCUT2D eigenvalue weighted by Gasteiger charge is -2.19. The largest absolute Gasteiger partial charge is 0.550 e. The number of para-hydroxylation sites is 1. The van der Waals surface area contributed by atoms with E-state index in [0.29, 0.717) is 5.69 Å². The number of hydrogen-bond donors (Lipinski definition) is 2. The van der Waals surface area contributed by atoms with Gasteiger partial charge < -0.3 is 20.5 Å². The van der Waals surface area contributed by atoms with Gasteiger partial charge >= 0.3 is 0 Å². The van der Waals surface area contributed by atoms with Gasteiger partial charge in [-0.15, -0.1) is 0 Å². The van der Waals surface area contributed by atoms with Gasteiger partial charge in [0, 0.05) is 24.3 Å². The monoisotopic (exact) mass is 291 g/mol. The summed E-state index contributed by atoms with van der Waals surface area (Å²) in [5.41, 5.74) is 0.0929. The summed E-state index contributed by atoms with van der Waals surface area (Å²) in [6, 6.07) is 6.56. The lowest BCUT2D eigenvalue weighted by molar-refractivity contribution is -0.305. The maximum atomic E-state index is 12.0. The van der Waals surface area contributed by atoms with Crippen LogP contribution < -0.4 is 15.7 Å². The van der Waals surface area contributed by atoms with Crippen LogP contribution >= 0.6 is 0 Å². The van der Waals surface area contributed by atoms with Crippen LogP contribution in [0.4, 0.5) is 5.69 Å². The van der Waals surface area contributed by atoms with E-state index in [1.165, 1.54) is 0 Å². The van der Waals surface area contributed by atoms with Gasteiger partial charge in [-0.2, -0.15) is 0 Å². The van der Waals surface area contributed by atoms with Crippen LogP contribution in [0.25, 0.3) is 0 Å². The van der Waals surface area contributed by atoms with Crippen molar-refractivity contribution in [1.82, 2.24) is 5.32 Å². The first-order valence-electron chi connectivity index (χ1n) is 6.60. The van der Waals surface area contributed by atoms with Crippen LogP contribution in [-0.2, 0) is 9.59 Å². The fraction of sp³-hybridized carbons (Fsp3) is 0.400. The zero-order chi connectivity index (χ0) is 16.0. The molecule has 0 heterocycles. The molecule has 1 aromatic carbocycles. The van der Waals surface area contributed by atoms with Crippen LogP contribution in [0.3, 0.4) is 0 Å². The first-order valence-corrected chi connectivity index (χ1v) is 6.60. The molecule has 6 heteroatoms. The van der Waals surface area contributed by atoms with Gasteiger partial charge in [0.15, 0.2) is 0 Å². The Balaban J connectivity index is 2.81. The van der Waals surface area contributed by atoms with Crippen molar-refractivity contribution in [2.75, 3.05) is 11.9 Å². The minimum atomic E-state index is -1.23. The molecule has 0 saturated carbocycles. The smallest absolute Gasteiger partial charge is 0.253 e. The third-order valence-electron chi connectivity index (χ3n) is 2.72. The molecule has 1 rings (SSSR count). The highest BCUT2D eigenvalue weighted by Gasteiger charge is 2.22. The lowest BCUT2D eigenvalue weighted by Crippen LogP contribution is -2.32. The van der Waals surface area contributed by atoms with E-state index in [1.807, 2.05) is 0 Å². The quantitative estimate of drug-likeness (QED) is 0.827. The number of carboxylic acids is 1. The van der Waals surface area contributed by atoms with Crippen molar-refractivity contribution in [2.45, 2.75) is 27.2 Å². The molecule has 0 aliphatic carbocycles. The number of hydrogen-bond acceptors (Lipinski definition) is 4. The molecule has 0 spiro atoms. The second-order valence-electron chi connectivity index (χ2n) is 5.63. The Morgan fingerprint density at radius 2 is 1.76 bits per heavy atom. The van der Waals surface area contributed by atoms with Crippen LogP contribution in [0.5, 0.6) is 0 Å². The lowest BCUT2D eigenvalue weighted by atomic mass is 9.95. The van der Waals surface area contributed by atoms with Crippen LogP contribution in [0.2, 0.25) is 0 Å². The highest BCUT2D eigenvalue weighted by molar-refractivity contribution is 6.04. The van der Waals surface area contributed by atoms with Crippen LogP contribution in [0, 0.1) is 5.41 Å². The van der Waals surface area contributed by atoms with Gasteiger partial charge in [0.1, 0.15) is 0 Å². The average Bonchev–Trinajstić information content (AvgIpc) is 2.37. The summed E-state index contributed by atoms with van der Waals surface area (Å²) in [5.74, 6) is -1.89. The van der Waals surface area contributed by atoms with Crippen LogP contribution in [0.15, 0.2) is 24.3 Å². The van der Waals surface area contributed by atoms with Crippen molar-refractivity contribution in [1.29, 1.82) is 0 Å². The maximum absolute atomic E-state index is 12.0. The molecule has 2 amide bonds. The number of nitrogens with one attached hydrogen (secondary N) is 2. The number of carbonyl (C=O) groups is 3. The summed E-state index contributed by atoms with van der Waals surface area (Å²) >= 11 is 0. The highest BCUT2D eigenvalue weighted by atomic mass is 16.4. The molecule has 0 atom stereocenters. The van der Waals surface area contributed by atoms with E-state index in [4.69, 9.17) is 0 Å². The minimum absolute atomic E-state index is 0.0251. The molecule has 0 fully saturated rings. The Kier molecular flexibility index (Phi) is 5.46. The Labute approximate surface area is 123 Å². The van der Waals surface area contributed by atoms with Crippen molar-refractivity contribution in [3.63, 3.8) is 0 Å². The van der Waals surface area contributed by atoms with E-state index in [1.54, 1.807) is 45.0 Å². The molecule has 0 aliphatic heterocycles. The van der Waals surface area contributed by atoms with Gasteiger partial charge in [-0.3, -0.25) is 9.59 Å². The number of rotatable bonds is 5. The number of carbonyl (C=O) groups excluding carboxylic acids is 3. The van der Waals surface area contributed by atoms with Gasteiger partial charge in [-0.1, -0.05) is 32.9 Å². The van der Waals surface area contributed by atoms with Gasteiger partial charge in [0.25, 0.3) is 5.91 Å².